The molecule has 4 heteroatoms. The molecule has 0 aliphatic heterocycles. The first kappa shape index (κ1) is 30.4. The fourth-order valence-corrected chi connectivity index (χ4v) is 5.41. The lowest BCUT2D eigenvalue weighted by molar-refractivity contribution is 0.291. The number of hydrogen-bond acceptors (Lipinski definition) is 4. The molecule has 0 N–H and O–H groups in total. The fourth-order valence-electron chi connectivity index (χ4n) is 5.41. The van der Waals surface area contributed by atoms with Crippen molar-refractivity contribution in [2.45, 2.75) is 142 Å². The third kappa shape index (κ3) is 11.3. The summed E-state index contributed by atoms with van der Waals surface area (Å²) in [6, 6.07) is 8.37. The Morgan fingerprint density at radius 3 is 1.18 bits per heavy atom. The van der Waals surface area contributed by atoms with Gasteiger partial charge in [-0.25, -0.2) is 9.97 Å². The highest BCUT2D eigenvalue weighted by atomic mass is 16.5. The molecule has 212 valence electrons. The first-order valence-corrected chi connectivity index (χ1v) is 16.1. The topological polar surface area (TPSA) is 44.2 Å². The number of fused-ring (bicyclic) bond motifs is 3. The van der Waals surface area contributed by atoms with E-state index in [1.54, 1.807) is 0 Å². The van der Waals surface area contributed by atoms with Crippen molar-refractivity contribution >= 4 is 0 Å². The average Bonchev–Trinajstić information content (AvgIpc) is 2.94. The van der Waals surface area contributed by atoms with Gasteiger partial charge in [-0.15, -0.1) is 0 Å². The molecule has 0 saturated carbocycles. The maximum atomic E-state index is 5.99. The molecular weight excluding hydrogens is 468 g/mol. The van der Waals surface area contributed by atoms with Crippen molar-refractivity contribution in [2.75, 3.05) is 13.2 Å². The van der Waals surface area contributed by atoms with E-state index in [4.69, 9.17) is 19.4 Å². The summed E-state index contributed by atoms with van der Waals surface area (Å²) in [5, 5.41) is 0. The first-order chi connectivity index (χ1) is 18.8. The third-order valence-electron chi connectivity index (χ3n) is 7.78. The molecule has 2 aromatic heterocycles. The summed E-state index contributed by atoms with van der Waals surface area (Å²) in [5.41, 5.74) is 4.65. The Morgan fingerprint density at radius 2 is 0.816 bits per heavy atom. The van der Waals surface area contributed by atoms with Crippen LogP contribution in [0.3, 0.4) is 0 Å². The number of aromatic nitrogens is 2. The van der Waals surface area contributed by atoms with Crippen LogP contribution in [-0.2, 0) is 12.8 Å². The minimum Gasteiger partial charge on any atom is -0.478 e. The van der Waals surface area contributed by atoms with Crippen LogP contribution in [0.1, 0.15) is 141 Å². The van der Waals surface area contributed by atoms with Crippen molar-refractivity contribution in [1.29, 1.82) is 0 Å². The van der Waals surface area contributed by atoms with E-state index in [0.29, 0.717) is 0 Å². The Labute approximate surface area is 233 Å². The normalized spacial score (nSPS) is 12.3. The van der Waals surface area contributed by atoms with Gasteiger partial charge < -0.3 is 9.47 Å². The number of rotatable bonds is 22. The SMILES string of the molecule is CCCCCCCCCCCOc1ccc2c(n1)CCc1nc(OCCCCCCCCCCC)ccc1-2. The molecule has 0 bridgehead atoms. The maximum absolute atomic E-state index is 5.99. The van der Waals surface area contributed by atoms with Crippen molar-refractivity contribution in [1.82, 2.24) is 9.97 Å². The van der Waals surface area contributed by atoms with Crippen LogP contribution in [0.2, 0.25) is 0 Å². The lowest BCUT2D eigenvalue weighted by Crippen LogP contribution is -2.10. The lowest BCUT2D eigenvalue weighted by Gasteiger charge is -2.19. The molecule has 0 radical (unpaired) electrons. The molecule has 38 heavy (non-hydrogen) atoms. The minimum absolute atomic E-state index is 0.763. The molecule has 2 aromatic rings. The van der Waals surface area contributed by atoms with Gasteiger partial charge in [-0.2, -0.15) is 0 Å². The molecule has 3 rings (SSSR count). The van der Waals surface area contributed by atoms with Crippen molar-refractivity contribution < 1.29 is 9.47 Å². The summed E-state index contributed by atoms with van der Waals surface area (Å²) in [5.74, 6) is 1.53. The van der Waals surface area contributed by atoms with Gasteiger partial charge in [0.25, 0.3) is 0 Å². The summed E-state index contributed by atoms with van der Waals surface area (Å²) < 4.78 is 12.0. The standard InChI is InChI=1S/C34H54N2O2/c1-3-5-7-9-11-13-15-17-19-27-37-33-25-21-29-30-22-26-34(36-32(30)24-23-31(29)35-33)38-28-20-18-16-14-12-10-8-6-4-2/h21-22,25-26H,3-20,23-24,27-28H2,1-2H3. The van der Waals surface area contributed by atoms with E-state index >= 15 is 0 Å². The number of pyridine rings is 2. The Kier molecular flexibility index (Phi) is 15.3. The molecule has 0 spiro atoms. The van der Waals surface area contributed by atoms with E-state index in [2.05, 4.69) is 26.0 Å². The van der Waals surface area contributed by atoms with Crippen LogP contribution in [-0.4, -0.2) is 23.2 Å². The molecule has 1 aliphatic rings. The van der Waals surface area contributed by atoms with E-state index in [1.807, 2.05) is 12.1 Å². The quantitative estimate of drug-likeness (QED) is 0.144. The highest BCUT2D eigenvalue weighted by Gasteiger charge is 2.19. The second-order valence-corrected chi connectivity index (χ2v) is 11.1. The van der Waals surface area contributed by atoms with E-state index in [0.717, 1.165) is 62.0 Å². The number of nitrogens with zero attached hydrogens (tertiary/aromatic N) is 2. The second kappa shape index (κ2) is 19.0. The van der Waals surface area contributed by atoms with Crippen LogP contribution in [0, 0.1) is 0 Å². The minimum atomic E-state index is 0.763. The summed E-state index contributed by atoms with van der Waals surface area (Å²) in [4.78, 5) is 9.67. The van der Waals surface area contributed by atoms with E-state index in [9.17, 15) is 0 Å². The average molecular weight is 523 g/mol. The lowest BCUT2D eigenvalue weighted by atomic mass is 9.92. The zero-order valence-electron chi connectivity index (χ0n) is 24.6. The summed E-state index contributed by atoms with van der Waals surface area (Å²) in [6.45, 7) is 6.08. The molecule has 0 atom stereocenters. The molecule has 0 amide bonds. The van der Waals surface area contributed by atoms with Crippen molar-refractivity contribution in [2.24, 2.45) is 0 Å². The van der Waals surface area contributed by atoms with Gasteiger partial charge >= 0.3 is 0 Å². The van der Waals surface area contributed by atoms with Gasteiger partial charge in [0, 0.05) is 23.3 Å². The molecule has 0 unspecified atom stereocenters. The molecular formula is C34H54N2O2. The Balaban J connectivity index is 1.32. The van der Waals surface area contributed by atoms with Crippen molar-refractivity contribution in [3.63, 3.8) is 0 Å². The smallest absolute Gasteiger partial charge is 0.213 e. The largest absolute Gasteiger partial charge is 0.478 e. The highest BCUT2D eigenvalue weighted by molar-refractivity contribution is 5.71. The molecule has 2 heterocycles. The predicted molar refractivity (Wildman–Crippen MR) is 160 cm³/mol. The van der Waals surface area contributed by atoms with Gasteiger partial charge in [-0.3, -0.25) is 0 Å². The van der Waals surface area contributed by atoms with Crippen LogP contribution in [0.25, 0.3) is 11.1 Å². The summed E-state index contributed by atoms with van der Waals surface area (Å²) in [6.07, 6.45) is 25.7. The summed E-state index contributed by atoms with van der Waals surface area (Å²) >= 11 is 0. The van der Waals surface area contributed by atoms with Crippen LogP contribution >= 0.6 is 0 Å². The second-order valence-electron chi connectivity index (χ2n) is 11.1. The molecule has 0 fully saturated rings. The first-order valence-electron chi connectivity index (χ1n) is 16.1. The Morgan fingerprint density at radius 1 is 0.474 bits per heavy atom. The van der Waals surface area contributed by atoms with Gasteiger partial charge in [0.2, 0.25) is 11.8 Å². The van der Waals surface area contributed by atoms with Crippen LogP contribution in [0.15, 0.2) is 24.3 Å². The number of hydrogen-bond donors (Lipinski definition) is 0. The zero-order valence-corrected chi connectivity index (χ0v) is 24.6. The zero-order chi connectivity index (χ0) is 26.7. The number of ether oxygens (including phenoxy) is 2. The number of aryl methyl sites for hydroxylation is 2. The highest BCUT2D eigenvalue weighted by Crippen LogP contribution is 2.34. The van der Waals surface area contributed by atoms with Gasteiger partial charge in [-0.1, -0.05) is 117 Å². The monoisotopic (exact) mass is 522 g/mol. The molecule has 0 saturated heterocycles. The van der Waals surface area contributed by atoms with Gasteiger partial charge in [0.05, 0.1) is 24.6 Å². The van der Waals surface area contributed by atoms with Gasteiger partial charge in [-0.05, 0) is 37.8 Å². The van der Waals surface area contributed by atoms with Gasteiger partial charge in [0.1, 0.15) is 0 Å². The van der Waals surface area contributed by atoms with E-state index in [-0.39, 0.29) is 0 Å². The van der Waals surface area contributed by atoms with E-state index < -0.39 is 0 Å². The molecule has 0 aromatic carbocycles. The predicted octanol–water partition coefficient (Wildman–Crippen LogP) is 10.1. The maximum Gasteiger partial charge on any atom is 0.213 e. The van der Waals surface area contributed by atoms with E-state index in [1.165, 1.54) is 114 Å². The van der Waals surface area contributed by atoms with Crippen molar-refractivity contribution in [3.05, 3.63) is 35.7 Å². The van der Waals surface area contributed by atoms with Crippen LogP contribution in [0.4, 0.5) is 0 Å². The summed E-state index contributed by atoms with van der Waals surface area (Å²) in [7, 11) is 0. The van der Waals surface area contributed by atoms with Crippen LogP contribution < -0.4 is 9.47 Å². The van der Waals surface area contributed by atoms with Crippen molar-refractivity contribution in [3.8, 4) is 22.9 Å². The number of unbranched alkanes of at least 4 members (excludes halogenated alkanes) is 16. The molecule has 1 aliphatic carbocycles. The third-order valence-corrected chi connectivity index (χ3v) is 7.78. The van der Waals surface area contributed by atoms with Gasteiger partial charge in [0.15, 0.2) is 0 Å². The fraction of sp³-hybridized carbons (Fsp3) is 0.706. The van der Waals surface area contributed by atoms with Crippen LogP contribution in [0.5, 0.6) is 11.8 Å². The Bertz CT molecular complexity index is 825. The molecule has 4 nitrogen and oxygen atoms in total. The Hall–Kier alpha value is -2.10.